The normalized spacial score (nSPS) is 10.5. The standard InChI is InChI=1S/C10H9ClN2O2/c1-2-12-10-13-8-4-3-6(11)5-7(8)9(14)15-10/h3-5H,2H2,1H3,(H,12,13). The Hall–Kier alpha value is -1.55. The average molecular weight is 225 g/mol. The van der Waals surface area contributed by atoms with Crippen LogP contribution in [0.3, 0.4) is 0 Å². The molecule has 5 heteroatoms. The largest absolute Gasteiger partial charge is 0.389 e. The van der Waals surface area contributed by atoms with Crippen LogP contribution in [-0.2, 0) is 0 Å². The van der Waals surface area contributed by atoms with Crippen LogP contribution < -0.4 is 10.9 Å². The number of nitrogens with one attached hydrogen (secondary N) is 1. The van der Waals surface area contributed by atoms with Gasteiger partial charge in [0.2, 0.25) is 0 Å². The molecule has 0 amide bonds. The van der Waals surface area contributed by atoms with Crippen LogP contribution in [0.4, 0.5) is 6.01 Å². The Labute approximate surface area is 90.9 Å². The lowest BCUT2D eigenvalue weighted by Crippen LogP contribution is -2.07. The van der Waals surface area contributed by atoms with Crippen LogP contribution >= 0.6 is 11.6 Å². The third-order valence-corrected chi connectivity index (χ3v) is 2.15. The van der Waals surface area contributed by atoms with Gasteiger partial charge in [-0.2, -0.15) is 4.98 Å². The lowest BCUT2D eigenvalue weighted by atomic mass is 10.2. The molecular weight excluding hydrogens is 216 g/mol. The molecule has 0 fully saturated rings. The van der Waals surface area contributed by atoms with Gasteiger partial charge in [0.15, 0.2) is 0 Å². The Morgan fingerprint density at radius 1 is 1.53 bits per heavy atom. The van der Waals surface area contributed by atoms with E-state index in [0.29, 0.717) is 22.5 Å². The zero-order chi connectivity index (χ0) is 10.8. The SMILES string of the molecule is CCNc1nc2ccc(Cl)cc2c(=O)o1. The molecule has 0 bridgehead atoms. The van der Waals surface area contributed by atoms with E-state index in [0.717, 1.165) is 0 Å². The van der Waals surface area contributed by atoms with Gasteiger partial charge in [-0.3, -0.25) is 0 Å². The maximum Gasteiger partial charge on any atom is 0.348 e. The fourth-order valence-electron chi connectivity index (χ4n) is 1.27. The number of hydrogen-bond donors (Lipinski definition) is 1. The molecular formula is C10H9ClN2O2. The zero-order valence-electron chi connectivity index (χ0n) is 8.08. The molecule has 15 heavy (non-hydrogen) atoms. The molecule has 0 spiro atoms. The van der Waals surface area contributed by atoms with Gasteiger partial charge in [0.1, 0.15) is 0 Å². The highest BCUT2D eigenvalue weighted by atomic mass is 35.5. The first-order valence-electron chi connectivity index (χ1n) is 4.55. The summed E-state index contributed by atoms with van der Waals surface area (Å²) in [7, 11) is 0. The maximum atomic E-state index is 11.5. The van der Waals surface area contributed by atoms with E-state index in [1.54, 1.807) is 18.2 Å². The highest BCUT2D eigenvalue weighted by molar-refractivity contribution is 6.31. The molecule has 1 aromatic heterocycles. The molecule has 0 aliphatic carbocycles. The van der Waals surface area contributed by atoms with Gasteiger partial charge in [0.05, 0.1) is 10.9 Å². The van der Waals surface area contributed by atoms with Crippen LogP contribution in [0.1, 0.15) is 6.92 Å². The smallest absolute Gasteiger partial charge is 0.348 e. The quantitative estimate of drug-likeness (QED) is 0.850. The van der Waals surface area contributed by atoms with Crippen LogP contribution in [0, 0.1) is 0 Å². The number of fused-ring (bicyclic) bond motifs is 1. The molecule has 0 aliphatic rings. The van der Waals surface area contributed by atoms with Crippen molar-refractivity contribution >= 4 is 28.5 Å². The highest BCUT2D eigenvalue weighted by Crippen LogP contribution is 2.16. The monoisotopic (exact) mass is 224 g/mol. The summed E-state index contributed by atoms with van der Waals surface area (Å²) >= 11 is 5.77. The second kappa shape index (κ2) is 3.90. The van der Waals surface area contributed by atoms with Gasteiger partial charge in [-0.1, -0.05) is 11.6 Å². The van der Waals surface area contributed by atoms with Crippen LogP contribution in [0.2, 0.25) is 5.02 Å². The van der Waals surface area contributed by atoms with Gasteiger partial charge in [0, 0.05) is 11.6 Å². The summed E-state index contributed by atoms with van der Waals surface area (Å²) in [5, 5.41) is 3.73. The first-order chi connectivity index (χ1) is 7.20. The van der Waals surface area contributed by atoms with E-state index >= 15 is 0 Å². The van der Waals surface area contributed by atoms with Crippen molar-refractivity contribution in [1.82, 2.24) is 4.98 Å². The molecule has 2 aromatic rings. The van der Waals surface area contributed by atoms with E-state index in [1.165, 1.54) is 0 Å². The summed E-state index contributed by atoms with van der Waals surface area (Å²) in [5.41, 5.74) is 0.144. The van der Waals surface area contributed by atoms with Gasteiger partial charge >= 0.3 is 5.63 Å². The minimum absolute atomic E-state index is 0.234. The average Bonchev–Trinajstić information content (AvgIpc) is 2.20. The first kappa shape index (κ1) is 9.98. The Bertz CT molecular complexity index is 551. The summed E-state index contributed by atoms with van der Waals surface area (Å²) in [6.07, 6.45) is 0. The number of aromatic nitrogens is 1. The molecule has 1 aromatic carbocycles. The molecule has 1 N–H and O–H groups in total. The molecule has 0 radical (unpaired) electrons. The lowest BCUT2D eigenvalue weighted by Gasteiger charge is -2.01. The molecule has 0 unspecified atom stereocenters. The Balaban J connectivity index is 2.67. The van der Waals surface area contributed by atoms with E-state index in [4.69, 9.17) is 16.0 Å². The molecule has 0 aliphatic heterocycles. The highest BCUT2D eigenvalue weighted by Gasteiger charge is 2.05. The van der Waals surface area contributed by atoms with Gasteiger partial charge in [-0.05, 0) is 25.1 Å². The molecule has 2 rings (SSSR count). The minimum Gasteiger partial charge on any atom is -0.389 e. The van der Waals surface area contributed by atoms with Crippen molar-refractivity contribution in [2.24, 2.45) is 0 Å². The molecule has 1 heterocycles. The number of hydrogen-bond acceptors (Lipinski definition) is 4. The van der Waals surface area contributed by atoms with Gasteiger partial charge in [-0.15, -0.1) is 0 Å². The van der Waals surface area contributed by atoms with Crippen molar-refractivity contribution in [3.8, 4) is 0 Å². The number of anilines is 1. The summed E-state index contributed by atoms with van der Waals surface area (Å²) in [5.74, 6) is 0. The third kappa shape index (κ3) is 1.94. The van der Waals surface area contributed by atoms with Crippen molar-refractivity contribution < 1.29 is 4.42 Å². The summed E-state index contributed by atoms with van der Waals surface area (Å²) in [6.45, 7) is 2.54. The molecule has 0 saturated heterocycles. The van der Waals surface area contributed by atoms with E-state index in [1.807, 2.05) is 6.92 Å². The third-order valence-electron chi connectivity index (χ3n) is 1.92. The molecule has 0 saturated carbocycles. The molecule has 4 nitrogen and oxygen atoms in total. The lowest BCUT2D eigenvalue weighted by molar-refractivity contribution is 0.517. The Morgan fingerprint density at radius 2 is 2.33 bits per heavy atom. The topological polar surface area (TPSA) is 55.1 Å². The van der Waals surface area contributed by atoms with Gasteiger partial charge < -0.3 is 9.73 Å². The number of benzene rings is 1. The van der Waals surface area contributed by atoms with E-state index in [-0.39, 0.29) is 6.01 Å². The number of rotatable bonds is 2. The van der Waals surface area contributed by atoms with E-state index in [9.17, 15) is 4.79 Å². The van der Waals surface area contributed by atoms with Crippen LogP contribution in [0.25, 0.3) is 10.9 Å². The van der Waals surface area contributed by atoms with Crippen LogP contribution in [0.5, 0.6) is 0 Å². The fraction of sp³-hybridized carbons (Fsp3) is 0.200. The van der Waals surface area contributed by atoms with Crippen molar-refractivity contribution in [3.63, 3.8) is 0 Å². The Morgan fingerprint density at radius 3 is 3.07 bits per heavy atom. The minimum atomic E-state index is -0.432. The van der Waals surface area contributed by atoms with E-state index in [2.05, 4.69) is 10.3 Å². The van der Waals surface area contributed by atoms with Crippen molar-refractivity contribution in [2.45, 2.75) is 6.92 Å². The predicted octanol–water partition coefficient (Wildman–Crippen LogP) is 2.27. The number of nitrogens with zero attached hydrogens (tertiary/aromatic N) is 1. The van der Waals surface area contributed by atoms with Gasteiger partial charge in [0.25, 0.3) is 6.01 Å². The van der Waals surface area contributed by atoms with Crippen molar-refractivity contribution in [2.75, 3.05) is 11.9 Å². The summed E-state index contributed by atoms with van der Waals surface area (Å²) in [4.78, 5) is 15.7. The van der Waals surface area contributed by atoms with Crippen LogP contribution in [-0.4, -0.2) is 11.5 Å². The molecule has 0 atom stereocenters. The second-order valence-corrected chi connectivity index (χ2v) is 3.43. The predicted molar refractivity (Wildman–Crippen MR) is 59.5 cm³/mol. The zero-order valence-corrected chi connectivity index (χ0v) is 8.84. The van der Waals surface area contributed by atoms with Gasteiger partial charge in [-0.25, -0.2) is 4.79 Å². The van der Waals surface area contributed by atoms with Crippen LogP contribution in [0.15, 0.2) is 27.4 Å². The second-order valence-electron chi connectivity index (χ2n) is 3.00. The van der Waals surface area contributed by atoms with Crippen molar-refractivity contribution in [3.05, 3.63) is 33.6 Å². The Kier molecular flexibility index (Phi) is 2.60. The maximum absolute atomic E-state index is 11.5. The first-order valence-corrected chi connectivity index (χ1v) is 4.93. The van der Waals surface area contributed by atoms with E-state index < -0.39 is 5.63 Å². The number of halogens is 1. The van der Waals surface area contributed by atoms with Crippen molar-refractivity contribution in [1.29, 1.82) is 0 Å². The fourth-order valence-corrected chi connectivity index (χ4v) is 1.44. The summed E-state index contributed by atoms with van der Waals surface area (Å²) in [6, 6.07) is 5.16. The summed E-state index contributed by atoms with van der Waals surface area (Å²) < 4.78 is 4.95. The molecule has 78 valence electrons.